The first-order valence-electron chi connectivity index (χ1n) is 13.3. The van der Waals surface area contributed by atoms with Crippen LogP contribution in [-0.2, 0) is 6.18 Å². The quantitative estimate of drug-likeness (QED) is 0.349. The number of H-pyrrole nitrogens is 1. The summed E-state index contributed by atoms with van der Waals surface area (Å²) in [6.07, 6.45) is 0.0323. The summed E-state index contributed by atoms with van der Waals surface area (Å²) in [5.41, 5.74) is 1.64. The summed E-state index contributed by atoms with van der Waals surface area (Å²) in [5, 5.41) is 15.6. The van der Waals surface area contributed by atoms with Gasteiger partial charge in [0.1, 0.15) is 10.6 Å². The van der Waals surface area contributed by atoms with E-state index in [1.807, 2.05) is 31.7 Å². The lowest BCUT2D eigenvalue weighted by Gasteiger charge is -2.39. The standard InChI is InChI=1S/C29H35ClF3N3O2S/c1-16-6-8-18(9-7-16)22-15-36(17(2)23-25(29(31,32)33)34-35-26(23)30)13-11-20(22)21-14-19(10-12-28(3,4)5)39-24(21)27(37)38/h14,16-18H,6-9,11,13,15H2,1-5H3,(H,34,35)(H,37,38). The van der Waals surface area contributed by atoms with Crippen molar-refractivity contribution >= 4 is 34.5 Å². The summed E-state index contributed by atoms with van der Waals surface area (Å²) in [4.78, 5) is 15.3. The van der Waals surface area contributed by atoms with Gasteiger partial charge in [0.05, 0.1) is 4.88 Å². The van der Waals surface area contributed by atoms with Gasteiger partial charge >= 0.3 is 12.1 Å². The summed E-state index contributed by atoms with van der Waals surface area (Å²) < 4.78 is 41.1. The maximum Gasteiger partial charge on any atom is 0.433 e. The van der Waals surface area contributed by atoms with Crippen LogP contribution in [0.2, 0.25) is 5.15 Å². The van der Waals surface area contributed by atoms with Crippen LogP contribution in [0.3, 0.4) is 0 Å². The highest BCUT2D eigenvalue weighted by molar-refractivity contribution is 7.14. The number of alkyl halides is 3. The van der Waals surface area contributed by atoms with E-state index in [2.05, 4.69) is 29.0 Å². The SMILES string of the molecule is CC1CCC(C2=C(c3cc(C#CC(C)(C)C)sc3C(=O)O)CCN(C(C)c3c(Cl)n[nH]c3C(F)(F)F)C2)CC1. The van der Waals surface area contributed by atoms with Crippen molar-refractivity contribution in [1.29, 1.82) is 0 Å². The number of nitrogens with zero attached hydrogens (tertiary/aromatic N) is 2. The highest BCUT2D eigenvalue weighted by Crippen LogP contribution is 2.45. The minimum Gasteiger partial charge on any atom is -0.477 e. The van der Waals surface area contributed by atoms with E-state index < -0.39 is 23.9 Å². The van der Waals surface area contributed by atoms with E-state index in [1.54, 1.807) is 6.92 Å². The first-order chi connectivity index (χ1) is 18.2. The third-order valence-electron chi connectivity index (χ3n) is 7.74. The van der Waals surface area contributed by atoms with Crippen molar-refractivity contribution in [1.82, 2.24) is 15.1 Å². The fraction of sp³-hybridized carbons (Fsp3) is 0.586. The maximum atomic E-state index is 13.7. The number of aromatic carboxylic acids is 1. The molecule has 3 heterocycles. The molecule has 0 radical (unpaired) electrons. The number of thiophene rings is 1. The number of hydrogen-bond acceptors (Lipinski definition) is 4. The first kappa shape index (κ1) is 29.7. The van der Waals surface area contributed by atoms with Gasteiger partial charge in [0, 0.05) is 35.7 Å². The number of carboxylic acid groups (broad SMARTS) is 1. The van der Waals surface area contributed by atoms with Gasteiger partial charge in [0.25, 0.3) is 0 Å². The van der Waals surface area contributed by atoms with E-state index in [1.165, 1.54) is 11.3 Å². The summed E-state index contributed by atoms with van der Waals surface area (Å²) in [6.45, 7) is 10.9. The van der Waals surface area contributed by atoms with Crippen LogP contribution in [0, 0.1) is 29.1 Å². The molecule has 1 saturated carbocycles. The molecule has 0 saturated heterocycles. The molecule has 2 N–H and O–H groups in total. The minimum atomic E-state index is -4.60. The molecule has 1 atom stereocenters. The Morgan fingerprint density at radius 3 is 2.51 bits per heavy atom. The van der Waals surface area contributed by atoms with Crippen molar-refractivity contribution in [2.75, 3.05) is 13.1 Å². The Labute approximate surface area is 236 Å². The normalized spacial score (nSPS) is 22.0. The zero-order valence-corrected chi connectivity index (χ0v) is 24.5. The lowest BCUT2D eigenvalue weighted by Crippen LogP contribution is -2.37. The highest BCUT2D eigenvalue weighted by atomic mass is 35.5. The molecule has 1 aliphatic carbocycles. The molecule has 0 bridgehead atoms. The van der Waals surface area contributed by atoms with Crippen molar-refractivity contribution in [3.05, 3.63) is 43.4 Å². The first-order valence-corrected chi connectivity index (χ1v) is 14.5. The Hall–Kier alpha value is -2.28. The van der Waals surface area contributed by atoms with Gasteiger partial charge in [0.15, 0.2) is 5.15 Å². The predicted octanol–water partition coefficient (Wildman–Crippen LogP) is 8.29. The van der Waals surface area contributed by atoms with Crippen molar-refractivity contribution in [3.8, 4) is 11.8 Å². The fourth-order valence-corrected chi connectivity index (χ4v) is 6.80. The van der Waals surface area contributed by atoms with Crippen LogP contribution in [-0.4, -0.2) is 39.3 Å². The largest absolute Gasteiger partial charge is 0.477 e. The van der Waals surface area contributed by atoms with E-state index in [0.717, 1.165) is 36.8 Å². The van der Waals surface area contributed by atoms with Crippen LogP contribution in [0.25, 0.3) is 5.57 Å². The van der Waals surface area contributed by atoms with E-state index in [0.29, 0.717) is 35.9 Å². The molecule has 10 heteroatoms. The van der Waals surface area contributed by atoms with Gasteiger partial charge in [-0.05, 0) is 76.0 Å². The lowest BCUT2D eigenvalue weighted by atomic mass is 9.75. The number of aromatic nitrogens is 2. The number of hydrogen-bond donors (Lipinski definition) is 2. The molecular weight excluding hydrogens is 547 g/mol. The third-order valence-corrected chi connectivity index (χ3v) is 9.06. The molecule has 0 amide bonds. The monoisotopic (exact) mass is 581 g/mol. The van der Waals surface area contributed by atoms with Crippen LogP contribution in [0.15, 0.2) is 11.6 Å². The minimum absolute atomic E-state index is 0.0502. The molecular formula is C29H35ClF3N3O2S. The lowest BCUT2D eigenvalue weighted by molar-refractivity contribution is -0.142. The molecule has 39 heavy (non-hydrogen) atoms. The summed E-state index contributed by atoms with van der Waals surface area (Å²) >= 11 is 7.34. The number of nitrogens with one attached hydrogen (secondary N) is 1. The molecule has 1 unspecified atom stereocenters. The van der Waals surface area contributed by atoms with Crippen LogP contribution >= 0.6 is 22.9 Å². The van der Waals surface area contributed by atoms with Gasteiger partial charge in [-0.2, -0.15) is 18.3 Å². The Morgan fingerprint density at radius 1 is 1.26 bits per heavy atom. The van der Waals surface area contributed by atoms with Gasteiger partial charge in [0.2, 0.25) is 0 Å². The summed E-state index contributed by atoms with van der Waals surface area (Å²) in [6, 6.07) is 1.27. The number of aromatic amines is 1. The number of rotatable bonds is 5. The van der Waals surface area contributed by atoms with Crippen LogP contribution in [0.1, 0.15) is 104 Å². The Kier molecular flexibility index (Phi) is 8.61. The van der Waals surface area contributed by atoms with Crippen molar-refractivity contribution in [2.45, 2.75) is 78.9 Å². The number of halogens is 4. The number of carboxylic acids is 1. The van der Waals surface area contributed by atoms with Crippen LogP contribution in [0.5, 0.6) is 0 Å². The zero-order valence-electron chi connectivity index (χ0n) is 22.9. The third kappa shape index (κ3) is 6.72. The Balaban J connectivity index is 1.77. The zero-order chi connectivity index (χ0) is 28.7. The van der Waals surface area contributed by atoms with Crippen molar-refractivity contribution in [2.24, 2.45) is 17.3 Å². The smallest absolute Gasteiger partial charge is 0.433 e. The molecule has 212 valence electrons. The van der Waals surface area contributed by atoms with E-state index in [-0.39, 0.29) is 26.9 Å². The highest BCUT2D eigenvalue weighted by Gasteiger charge is 2.41. The van der Waals surface area contributed by atoms with Crippen LogP contribution < -0.4 is 0 Å². The van der Waals surface area contributed by atoms with E-state index >= 15 is 0 Å². The van der Waals surface area contributed by atoms with Gasteiger partial charge < -0.3 is 5.11 Å². The molecule has 1 fully saturated rings. The van der Waals surface area contributed by atoms with Crippen molar-refractivity contribution in [3.63, 3.8) is 0 Å². The molecule has 2 aromatic heterocycles. The van der Waals surface area contributed by atoms with E-state index in [9.17, 15) is 23.1 Å². The predicted molar refractivity (Wildman–Crippen MR) is 149 cm³/mol. The average Bonchev–Trinajstić information content (AvgIpc) is 3.46. The topological polar surface area (TPSA) is 69.2 Å². The second-order valence-corrected chi connectivity index (χ2v) is 13.2. The second-order valence-electron chi connectivity index (χ2n) is 11.8. The molecule has 5 nitrogen and oxygen atoms in total. The van der Waals surface area contributed by atoms with E-state index in [4.69, 9.17) is 11.6 Å². The Morgan fingerprint density at radius 2 is 1.92 bits per heavy atom. The fourth-order valence-electron chi connectivity index (χ4n) is 5.62. The van der Waals surface area contributed by atoms with Gasteiger partial charge in [-0.3, -0.25) is 10.00 Å². The summed E-state index contributed by atoms with van der Waals surface area (Å²) in [5.74, 6) is 6.23. The van der Waals surface area contributed by atoms with Gasteiger partial charge in [-0.1, -0.05) is 43.2 Å². The molecule has 4 rings (SSSR count). The second kappa shape index (κ2) is 11.3. The number of carbonyl (C=O) groups is 1. The average molecular weight is 582 g/mol. The molecule has 1 aliphatic heterocycles. The molecule has 2 aliphatic rings. The van der Waals surface area contributed by atoms with Crippen molar-refractivity contribution < 1.29 is 23.1 Å². The molecule has 2 aromatic rings. The van der Waals surface area contributed by atoms with Crippen LogP contribution in [0.4, 0.5) is 13.2 Å². The maximum absolute atomic E-state index is 13.7. The summed E-state index contributed by atoms with van der Waals surface area (Å²) in [7, 11) is 0. The molecule has 0 spiro atoms. The molecule has 0 aromatic carbocycles. The van der Waals surface area contributed by atoms with Gasteiger partial charge in [-0.25, -0.2) is 4.79 Å². The Bertz CT molecular complexity index is 1320. The van der Waals surface area contributed by atoms with Gasteiger partial charge in [-0.15, -0.1) is 11.3 Å².